The van der Waals surface area contributed by atoms with E-state index in [1.807, 2.05) is 6.92 Å². The fraction of sp³-hybridized carbons (Fsp3) is 0.846. The molecule has 3 rings (SSSR count). The van der Waals surface area contributed by atoms with E-state index in [1.165, 1.54) is 25.7 Å². The highest BCUT2D eigenvalue weighted by Crippen LogP contribution is 2.60. The van der Waals surface area contributed by atoms with Crippen LogP contribution in [0.1, 0.15) is 50.2 Å². The number of methoxy groups -OCH3 is 1. The molecule has 1 aromatic heterocycles. The normalized spacial score (nSPS) is 33.8. The zero-order chi connectivity index (χ0) is 12.8. The maximum Gasteiger partial charge on any atom is 0.230 e. The molecule has 0 saturated heterocycles. The molecule has 0 aliphatic heterocycles. The predicted molar refractivity (Wildman–Crippen MR) is 65.9 cm³/mol. The highest BCUT2D eigenvalue weighted by Gasteiger charge is 2.54. The predicted octanol–water partition coefficient (Wildman–Crippen LogP) is 1.79. The first-order chi connectivity index (χ1) is 8.63. The van der Waals surface area contributed by atoms with Gasteiger partial charge < -0.3 is 15.0 Å². The minimum Gasteiger partial charge on any atom is -0.382 e. The van der Waals surface area contributed by atoms with E-state index < -0.39 is 5.54 Å². The van der Waals surface area contributed by atoms with Gasteiger partial charge >= 0.3 is 0 Å². The van der Waals surface area contributed by atoms with Gasteiger partial charge in [-0.25, -0.2) is 0 Å². The maximum atomic E-state index is 6.12. The molecule has 2 aliphatic rings. The summed E-state index contributed by atoms with van der Waals surface area (Å²) >= 11 is 0. The third-order valence-electron chi connectivity index (χ3n) is 4.34. The molecule has 2 aliphatic carbocycles. The molecular formula is C13H21N3O2. The summed E-state index contributed by atoms with van der Waals surface area (Å²) in [7, 11) is 1.63. The average molecular weight is 251 g/mol. The average Bonchev–Trinajstić information content (AvgIpc) is 2.85. The number of nitrogens with zero attached hydrogens (tertiary/aromatic N) is 2. The number of hydrogen-bond donors (Lipinski definition) is 1. The highest BCUT2D eigenvalue weighted by atomic mass is 16.5. The molecule has 100 valence electrons. The molecule has 18 heavy (non-hydrogen) atoms. The van der Waals surface area contributed by atoms with Crippen molar-refractivity contribution >= 4 is 0 Å². The van der Waals surface area contributed by atoms with Gasteiger partial charge in [0.2, 0.25) is 5.89 Å². The fourth-order valence-corrected chi connectivity index (χ4v) is 3.33. The standard InChI is InChI=1S/C13H21N3O2/c1-13(14,7-17-2)12-15-11(18-16-12)10-8-5-3-4-6-9(8)10/h8-10H,3-7,14H2,1-2H3. The molecule has 3 atom stereocenters. The van der Waals surface area contributed by atoms with Crippen LogP contribution in [0.25, 0.3) is 0 Å². The van der Waals surface area contributed by atoms with Crippen LogP contribution in [-0.2, 0) is 10.3 Å². The van der Waals surface area contributed by atoms with Crippen molar-refractivity contribution in [2.75, 3.05) is 13.7 Å². The molecular weight excluding hydrogens is 230 g/mol. The molecule has 1 aromatic rings. The van der Waals surface area contributed by atoms with Gasteiger partial charge in [-0.1, -0.05) is 18.0 Å². The Kier molecular flexibility index (Phi) is 2.90. The van der Waals surface area contributed by atoms with Gasteiger partial charge in [-0.2, -0.15) is 4.98 Å². The number of fused-ring (bicyclic) bond motifs is 1. The lowest BCUT2D eigenvalue weighted by Gasteiger charge is -2.18. The van der Waals surface area contributed by atoms with E-state index in [-0.39, 0.29) is 0 Å². The van der Waals surface area contributed by atoms with Crippen LogP contribution in [0.15, 0.2) is 4.52 Å². The lowest BCUT2D eigenvalue weighted by molar-refractivity contribution is 0.135. The Morgan fingerprint density at radius 2 is 2.06 bits per heavy atom. The summed E-state index contributed by atoms with van der Waals surface area (Å²) in [6.07, 6.45) is 5.31. The number of rotatable bonds is 4. The molecule has 0 amide bonds. The molecule has 2 fully saturated rings. The second-order valence-corrected chi connectivity index (χ2v) is 5.94. The Bertz CT molecular complexity index is 418. The van der Waals surface area contributed by atoms with Crippen LogP contribution in [0.5, 0.6) is 0 Å². The first kappa shape index (κ1) is 12.1. The third kappa shape index (κ3) is 1.95. The van der Waals surface area contributed by atoms with Crippen LogP contribution in [0.3, 0.4) is 0 Å². The highest BCUT2D eigenvalue weighted by molar-refractivity contribution is 5.16. The monoisotopic (exact) mass is 251 g/mol. The molecule has 5 nitrogen and oxygen atoms in total. The van der Waals surface area contributed by atoms with E-state index in [1.54, 1.807) is 7.11 Å². The molecule has 0 spiro atoms. The lowest BCUT2D eigenvalue weighted by Crippen LogP contribution is -2.39. The first-order valence-corrected chi connectivity index (χ1v) is 6.75. The summed E-state index contributed by atoms with van der Waals surface area (Å²) < 4.78 is 10.5. The molecule has 2 saturated carbocycles. The van der Waals surface area contributed by atoms with E-state index in [9.17, 15) is 0 Å². The Morgan fingerprint density at radius 1 is 1.39 bits per heavy atom. The van der Waals surface area contributed by atoms with Crippen molar-refractivity contribution in [2.24, 2.45) is 17.6 Å². The fourth-order valence-electron chi connectivity index (χ4n) is 3.33. The Labute approximate surface area is 107 Å². The zero-order valence-electron chi connectivity index (χ0n) is 11.1. The van der Waals surface area contributed by atoms with Gasteiger partial charge in [0.1, 0.15) is 5.54 Å². The van der Waals surface area contributed by atoms with Crippen molar-refractivity contribution in [3.63, 3.8) is 0 Å². The number of ether oxygens (including phenoxy) is 1. The second-order valence-electron chi connectivity index (χ2n) is 5.94. The van der Waals surface area contributed by atoms with Crippen LogP contribution in [0, 0.1) is 11.8 Å². The van der Waals surface area contributed by atoms with Crippen LogP contribution < -0.4 is 5.73 Å². The molecule has 0 aromatic carbocycles. The zero-order valence-corrected chi connectivity index (χ0v) is 11.1. The molecule has 0 bridgehead atoms. The quantitative estimate of drug-likeness (QED) is 0.883. The smallest absolute Gasteiger partial charge is 0.230 e. The molecule has 1 heterocycles. The summed E-state index contributed by atoms with van der Waals surface area (Å²) in [4.78, 5) is 4.50. The number of hydrogen-bond acceptors (Lipinski definition) is 5. The minimum atomic E-state index is -0.670. The third-order valence-corrected chi connectivity index (χ3v) is 4.34. The van der Waals surface area contributed by atoms with E-state index in [2.05, 4.69) is 10.1 Å². The van der Waals surface area contributed by atoms with Crippen molar-refractivity contribution in [2.45, 2.75) is 44.1 Å². The first-order valence-electron chi connectivity index (χ1n) is 6.75. The largest absolute Gasteiger partial charge is 0.382 e. The van der Waals surface area contributed by atoms with Gasteiger partial charge in [-0.3, -0.25) is 0 Å². The Balaban J connectivity index is 1.74. The summed E-state index contributed by atoms with van der Waals surface area (Å²) in [6.45, 7) is 2.26. The molecule has 3 unspecified atom stereocenters. The van der Waals surface area contributed by atoms with Gasteiger partial charge in [0.15, 0.2) is 5.82 Å². The summed E-state index contributed by atoms with van der Waals surface area (Å²) in [5, 5.41) is 4.03. The number of aromatic nitrogens is 2. The Hall–Kier alpha value is -0.940. The summed E-state index contributed by atoms with van der Waals surface area (Å²) in [5.74, 6) is 3.39. The van der Waals surface area contributed by atoms with Crippen molar-refractivity contribution in [3.8, 4) is 0 Å². The molecule has 0 radical (unpaired) electrons. The van der Waals surface area contributed by atoms with Crippen LogP contribution >= 0.6 is 0 Å². The minimum absolute atomic E-state index is 0.392. The van der Waals surface area contributed by atoms with Gasteiger partial charge in [0.05, 0.1) is 6.61 Å². The van der Waals surface area contributed by atoms with Gasteiger partial charge in [0.25, 0.3) is 0 Å². The van der Waals surface area contributed by atoms with Crippen molar-refractivity contribution in [3.05, 3.63) is 11.7 Å². The van der Waals surface area contributed by atoms with Crippen molar-refractivity contribution in [1.82, 2.24) is 10.1 Å². The van der Waals surface area contributed by atoms with Crippen molar-refractivity contribution < 1.29 is 9.26 Å². The SMILES string of the molecule is COCC(C)(N)c1noc(C2C3CCCCC32)n1. The topological polar surface area (TPSA) is 74.2 Å². The van der Waals surface area contributed by atoms with Crippen LogP contribution in [0.4, 0.5) is 0 Å². The van der Waals surface area contributed by atoms with E-state index in [0.29, 0.717) is 18.3 Å². The molecule has 2 N–H and O–H groups in total. The van der Waals surface area contributed by atoms with Crippen molar-refractivity contribution in [1.29, 1.82) is 0 Å². The summed E-state index contributed by atoms with van der Waals surface area (Å²) in [5.41, 5.74) is 5.45. The van der Waals surface area contributed by atoms with Crippen LogP contribution in [-0.4, -0.2) is 23.9 Å². The van der Waals surface area contributed by atoms with E-state index in [4.69, 9.17) is 15.0 Å². The van der Waals surface area contributed by atoms with E-state index in [0.717, 1.165) is 17.7 Å². The number of nitrogens with two attached hydrogens (primary N) is 1. The van der Waals surface area contributed by atoms with Gasteiger partial charge in [-0.05, 0) is 31.6 Å². The van der Waals surface area contributed by atoms with Gasteiger partial charge in [-0.15, -0.1) is 0 Å². The summed E-state index contributed by atoms with van der Waals surface area (Å²) in [6, 6.07) is 0. The van der Waals surface area contributed by atoms with Gasteiger partial charge in [0, 0.05) is 13.0 Å². The van der Waals surface area contributed by atoms with E-state index >= 15 is 0 Å². The Morgan fingerprint density at radius 3 is 2.67 bits per heavy atom. The van der Waals surface area contributed by atoms with Crippen LogP contribution in [0.2, 0.25) is 0 Å². The molecule has 5 heteroatoms. The maximum absolute atomic E-state index is 6.12. The second kappa shape index (κ2) is 4.31. The lowest BCUT2D eigenvalue weighted by atomic mass is 10.0.